The van der Waals surface area contributed by atoms with Crippen molar-refractivity contribution in [3.63, 3.8) is 0 Å². The summed E-state index contributed by atoms with van der Waals surface area (Å²) in [5.74, 6) is -0.720. The normalized spacial score (nSPS) is 11.5. The van der Waals surface area contributed by atoms with Crippen molar-refractivity contribution >= 4 is 17.5 Å². The summed E-state index contributed by atoms with van der Waals surface area (Å²) in [5, 5.41) is 22.4. The molecule has 0 heterocycles. The van der Waals surface area contributed by atoms with Crippen LogP contribution in [0.2, 0.25) is 0 Å². The molecule has 0 radical (unpaired) electrons. The lowest BCUT2D eigenvalue weighted by Gasteiger charge is -2.23. The number of anilines is 1. The van der Waals surface area contributed by atoms with E-state index in [1.54, 1.807) is 30.3 Å². The second-order valence-corrected chi connectivity index (χ2v) is 6.48. The third-order valence-corrected chi connectivity index (χ3v) is 4.42. The van der Waals surface area contributed by atoms with Crippen molar-refractivity contribution in [2.45, 2.75) is 13.0 Å². The first-order valence-corrected chi connectivity index (χ1v) is 9.23. The van der Waals surface area contributed by atoms with E-state index < -0.39 is 12.0 Å². The molecule has 0 bridgehead atoms. The van der Waals surface area contributed by atoms with E-state index in [1.165, 1.54) is 0 Å². The van der Waals surface area contributed by atoms with Gasteiger partial charge in [0.05, 0.1) is 18.6 Å². The predicted octanol–water partition coefficient (Wildman–Crippen LogP) is 2.94. The van der Waals surface area contributed by atoms with Crippen LogP contribution in [0.5, 0.6) is 5.75 Å². The van der Waals surface area contributed by atoms with Gasteiger partial charge in [-0.3, -0.25) is 5.41 Å². The largest absolute Gasteiger partial charge is 0.548 e. The van der Waals surface area contributed by atoms with Gasteiger partial charge in [0.1, 0.15) is 11.6 Å². The maximum Gasteiger partial charge on any atom is 0.122 e. The van der Waals surface area contributed by atoms with Crippen LogP contribution in [0.15, 0.2) is 72.8 Å². The first-order valence-electron chi connectivity index (χ1n) is 9.23. The molecule has 29 heavy (non-hydrogen) atoms. The number of nitrogens with one attached hydrogen (secondary N) is 2. The Bertz CT molecular complexity index is 1000. The number of carbonyl (C=O) groups excluding carboxylic acids is 1. The van der Waals surface area contributed by atoms with Gasteiger partial charge in [-0.05, 0) is 66.1 Å². The summed E-state index contributed by atoms with van der Waals surface area (Å²) in [4.78, 5) is 11.9. The van der Waals surface area contributed by atoms with Crippen molar-refractivity contribution in [2.75, 3.05) is 11.9 Å². The van der Waals surface area contributed by atoms with E-state index in [2.05, 4.69) is 5.32 Å². The summed E-state index contributed by atoms with van der Waals surface area (Å²) in [6.07, 6.45) is 0. The van der Waals surface area contributed by atoms with E-state index in [4.69, 9.17) is 15.9 Å². The average Bonchev–Trinajstić information content (AvgIpc) is 2.72. The van der Waals surface area contributed by atoms with Crippen molar-refractivity contribution in [2.24, 2.45) is 5.73 Å². The first-order chi connectivity index (χ1) is 14.0. The van der Waals surface area contributed by atoms with Gasteiger partial charge in [-0.25, -0.2) is 0 Å². The number of carboxylic acid groups (broad SMARTS) is 1. The SMILES string of the molecule is CCOc1cc(-c2ccccc2)cc(C(Nc2ccc(C(=N)N)cc2)C(=O)[O-])c1. The van der Waals surface area contributed by atoms with Crippen LogP contribution in [0.3, 0.4) is 0 Å². The molecule has 6 heteroatoms. The number of ether oxygens (including phenoxy) is 1. The minimum atomic E-state index is -1.26. The van der Waals surface area contributed by atoms with Crippen LogP contribution in [-0.4, -0.2) is 18.4 Å². The van der Waals surface area contributed by atoms with Gasteiger partial charge >= 0.3 is 0 Å². The molecule has 0 aliphatic heterocycles. The molecule has 6 nitrogen and oxygen atoms in total. The second-order valence-electron chi connectivity index (χ2n) is 6.48. The van der Waals surface area contributed by atoms with Crippen molar-refractivity contribution in [3.05, 3.63) is 83.9 Å². The van der Waals surface area contributed by atoms with Crippen LogP contribution < -0.4 is 20.9 Å². The zero-order valence-corrected chi connectivity index (χ0v) is 16.0. The molecule has 3 aromatic carbocycles. The van der Waals surface area contributed by atoms with Gasteiger partial charge in [-0.2, -0.15) is 0 Å². The summed E-state index contributed by atoms with van der Waals surface area (Å²) in [5.41, 5.74) is 8.93. The molecule has 0 aliphatic rings. The van der Waals surface area contributed by atoms with Crippen LogP contribution in [0.4, 0.5) is 5.69 Å². The summed E-state index contributed by atoms with van der Waals surface area (Å²) in [7, 11) is 0. The topological polar surface area (TPSA) is 111 Å². The summed E-state index contributed by atoms with van der Waals surface area (Å²) in [6, 6.07) is 20.7. The van der Waals surface area contributed by atoms with Gasteiger partial charge in [-0.1, -0.05) is 30.3 Å². The van der Waals surface area contributed by atoms with E-state index in [0.717, 1.165) is 11.1 Å². The molecule has 3 rings (SSSR count). The van der Waals surface area contributed by atoms with Gasteiger partial charge in [-0.15, -0.1) is 0 Å². The standard InChI is InChI=1S/C23H23N3O3/c1-2-29-20-13-17(15-6-4-3-5-7-15)12-18(14-20)21(23(27)28)26-19-10-8-16(9-11-19)22(24)25/h3-14,21,26H,2H2,1H3,(H3,24,25)(H,27,28)/p-1. The monoisotopic (exact) mass is 388 g/mol. The molecule has 0 saturated carbocycles. The Kier molecular flexibility index (Phi) is 6.14. The second kappa shape index (κ2) is 8.93. The molecule has 3 aromatic rings. The van der Waals surface area contributed by atoms with E-state index >= 15 is 0 Å². The molecule has 0 aliphatic carbocycles. The van der Waals surface area contributed by atoms with Gasteiger partial charge in [0.25, 0.3) is 0 Å². The predicted molar refractivity (Wildman–Crippen MR) is 112 cm³/mol. The number of carboxylic acids is 1. The highest BCUT2D eigenvalue weighted by Crippen LogP contribution is 2.30. The quantitative estimate of drug-likeness (QED) is 0.406. The lowest BCUT2D eigenvalue weighted by atomic mass is 9.98. The maximum atomic E-state index is 11.9. The van der Waals surface area contributed by atoms with Crippen LogP contribution in [0.1, 0.15) is 24.1 Å². The molecule has 0 amide bonds. The van der Waals surface area contributed by atoms with Crippen LogP contribution in [0.25, 0.3) is 11.1 Å². The molecular weight excluding hydrogens is 366 g/mol. The molecule has 0 aromatic heterocycles. The average molecular weight is 388 g/mol. The van der Waals surface area contributed by atoms with Crippen molar-refractivity contribution in [1.29, 1.82) is 5.41 Å². The molecule has 1 unspecified atom stereocenters. The highest BCUT2D eigenvalue weighted by Gasteiger charge is 2.16. The van der Waals surface area contributed by atoms with Crippen LogP contribution >= 0.6 is 0 Å². The number of aliphatic carboxylic acids is 1. The Hall–Kier alpha value is -3.80. The summed E-state index contributed by atoms with van der Waals surface area (Å²) in [6.45, 7) is 2.34. The molecule has 4 N–H and O–H groups in total. The lowest BCUT2D eigenvalue weighted by Crippen LogP contribution is -2.34. The maximum absolute atomic E-state index is 11.9. The Labute approximate surface area is 169 Å². The fourth-order valence-corrected chi connectivity index (χ4v) is 3.03. The molecule has 0 spiro atoms. The highest BCUT2D eigenvalue weighted by molar-refractivity contribution is 5.95. The Morgan fingerprint density at radius 2 is 1.76 bits per heavy atom. The smallest absolute Gasteiger partial charge is 0.122 e. The number of benzene rings is 3. The van der Waals surface area contributed by atoms with Crippen LogP contribution in [-0.2, 0) is 4.79 Å². The van der Waals surface area contributed by atoms with Crippen molar-refractivity contribution in [3.8, 4) is 16.9 Å². The van der Waals surface area contributed by atoms with Crippen LogP contribution in [0, 0.1) is 5.41 Å². The number of hydrogen-bond acceptors (Lipinski definition) is 5. The zero-order valence-electron chi connectivity index (χ0n) is 16.0. The minimum absolute atomic E-state index is 0.0510. The van der Waals surface area contributed by atoms with Gasteiger partial charge in [0.15, 0.2) is 0 Å². The van der Waals surface area contributed by atoms with Crippen molar-refractivity contribution < 1.29 is 14.6 Å². The van der Waals surface area contributed by atoms with Crippen molar-refractivity contribution in [1.82, 2.24) is 0 Å². The summed E-state index contributed by atoms with van der Waals surface area (Å²) >= 11 is 0. The number of amidine groups is 1. The molecule has 148 valence electrons. The number of carbonyl (C=O) groups is 1. The molecular formula is C23H22N3O3-. The Morgan fingerprint density at radius 3 is 2.34 bits per heavy atom. The third kappa shape index (κ3) is 4.93. The number of nitrogens with two attached hydrogens (primary N) is 1. The van der Waals surface area contributed by atoms with E-state index in [-0.39, 0.29) is 5.84 Å². The molecule has 0 fully saturated rings. The summed E-state index contributed by atoms with van der Waals surface area (Å²) < 4.78 is 5.65. The highest BCUT2D eigenvalue weighted by atomic mass is 16.5. The van der Waals surface area contributed by atoms with Gasteiger partial charge < -0.3 is 25.7 Å². The van der Waals surface area contributed by atoms with E-state index in [9.17, 15) is 9.90 Å². The number of hydrogen-bond donors (Lipinski definition) is 3. The van der Waals surface area contributed by atoms with Gasteiger partial charge in [0.2, 0.25) is 0 Å². The fraction of sp³-hybridized carbons (Fsp3) is 0.130. The number of rotatable bonds is 8. The minimum Gasteiger partial charge on any atom is -0.548 e. The fourth-order valence-electron chi connectivity index (χ4n) is 3.03. The first kappa shape index (κ1) is 19.9. The Morgan fingerprint density at radius 1 is 1.07 bits per heavy atom. The molecule has 1 atom stereocenters. The van der Waals surface area contributed by atoms with E-state index in [1.807, 2.05) is 49.4 Å². The molecule has 0 saturated heterocycles. The van der Waals surface area contributed by atoms with E-state index in [0.29, 0.717) is 29.2 Å². The lowest BCUT2D eigenvalue weighted by molar-refractivity contribution is -0.307. The zero-order chi connectivity index (χ0) is 20.8. The Balaban J connectivity index is 1.98. The van der Waals surface area contributed by atoms with Gasteiger partial charge in [0, 0.05) is 11.3 Å². The number of nitrogen functional groups attached to an aromatic ring is 1. The third-order valence-electron chi connectivity index (χ3n) is 4.42.